The Bertz CT molecular complexity index is 649. The summed E-state index contributed by atoms with van der Waals surface area (Å²) >= 11 is 0. The van der Waals surface area contributed by atoms with Gasteiger partial charge in [-0.1, -0.05) is 23.4 Å². The van der Waals surface area contributed by atoms with Crippen LogP contribution in [-0.2, 0) is 15.8 Å². The van der Waals surface area contributed by atoms with Gasteiger partial charge in [0.25, 0.3) is 0 Å². The van der Waals surface area contributed by atoms with Gasteiger partial charge < -0.3 is 10.3 Å². The third-order valence-corrected chi connectivity index (χ3v) is 3.50. The van der Waals surface area contributed by atoms with E-state index in [2.05, 4.69) is 9.88 Å². The summed E-state index contributed by atoms with van der Waals surface area (Å²) in [6.45, 7) is 1.68. The average molecular weight is 267 g/mol. The number of nitrogens with two attached hydrogens (primary N) is 1. The summed E-state index contributed by atoms with van der Waals surface area (Å²) in [4.78, 5) is 0. The molecule has 0 aliphatic rings. The number of rotatable bonds is 4. The van der Waals surface area contributed by atoms with Crippen molar-refractivity contribution in [1.82, 2.24) is 5.16 Å². The number of hydrogen-bond donors (Lipinski definition) is 2. The van der Waals surface area contributed by atoms with Gasteiger partial charge in [-0.05, 0) is 18.6 Å². The molecule has 2 rings (SSSR count). The molecule has 96 valence electrons. The maximum atomic E-state index is 11.9. The predicted octanol–water partition coefficient (Wildman–Crippen LogP) is 1.51. The van der Waals surface area contributed by atoms with Gasteiger partial charge in [0.15, 0.2) is 5.82 Å². The minimum Gasteiger partial charge on any atom is -0.398 e. The van der Waals surface area contributed by atoms with Crippen molar-refractivity contribution in [3.05, 3.63) is 41.7 Å². The lowest BCUT2D eigenvalue weighted by Crippen LogP contribution is -2.16. The largest absolute Gasteiger partial charge is 0.398 e. The van der Waals surface area contributed by atoms with Crippen LogP contribution in [0.2, 0.25) is 0 Å². The van der Waals surface area contributed by atoms with E-state index in [1.165, 1.54) is 6.07 Å². The number of benzene rings is 1. The number of para-hydroxylation sites is 1. The number of nitrogens with zero attached hydrogens (tertiary/aromatic N) is 1. The predicted molar refractivity (Wildman–Crippen MR) is 68.3 cm³/mol. The summed E-state index contributed by atoms with van der Waals surface area (Å²) in [6.07, 6.45) is 0. The van der Waals surface area contributed by atoms with Crippen molar-refractivity contribution in [2.45, 2.75) is 12.7 Å². The van der Waals surface area contributed by atoms with Crippen molar-refractivity contribution >= 4 is 21.5 Å². The zero-order chi connectivity index (χ0) is 13.2. The molecule has 1 heterocycles. The summed E-state index contributed by atoms with van der Waals surface area (Å²) in [6, 6.07) is 8.32. The van der Waals surface area contributed by atoms with Crippen LogP contribution in [0.4, 0.5) is 11.5 Å². The summed E-state index contributed by atoms with van der Waals surface area (Å²) in [5, 5.41) is 3.57. The van der Waals surface area contributed by atoms with E-state index in [4.69, 9.17) is 10.3 Å². The van der Waals surface area contributed by atoms with E-state index < -0.39 is 10.0 Å². The first kappa shape index (κ1) is 12.4. The van der Waals surface area contributed by atoms with Crippen LogP contribution in [0.5, 0.6) is 0 Å². The second kappa shape index (κ2) is 4.69. The van der Waals surface area contributed by atoms with Gasteiger partial charge in [0.2, 0.25) is 10.0 Å². The van der Waals surface area contributed by atoms with E-state index in [0.29, 0.717) is 17.0 Å². The van der Waals surface area contributed by atoms with Crippen molar-refractivity contribution in [2.24, 2.45) is 0 Å². The highest BCUT2D eigenvalue weighted by molar-refractivity contribution is 7.91. The van der Waals surface area contributed by atoms with E-state index in [1.54, 1.807) is 31.2 Å². The van der Waals surface area contributed by atoms with Crippen molar-refractivity contribution in [2.75, 3.05) is 10.5 Å². The Balaban J connectivity index is 2.15. The zero-order valence-corrected chi connectivity index (χ0v) is 10.6. The highest BCUT2D eigenvalue weighted by Gasteiger charge is 2.15. The quantitative estimate of drug-likeness (QED) is 0.818. The second-order valence-electron chi connectivity index (χ2n) is 3.88. The Labute approximate surface area is 105 Å². The Kier molecular flexibility index (Phi) is 3.24. The van der Waals surface area contributed by atoms with Crippen molar-refractivity contribution in [3.63, 3.8) is 0 Å². The molecule has 1 aromatic heterocycles. The van der Waals surface area contributed by atoms with Crippen LogP contribution in [0.3, 0.4) is 0 Å². The number of nitrogen functional groups attached to an aromatic ring is 1. The molecular formula is C11H13N3O3S. The Morgan fingerprint density at radius 2 is 2.11 bits per heavy atom. The van der Waals surface area contributed by atoms with E-state index in [-0.39, 0.29) is 11.6 Å². The smallest absolute Gasteiger partial charge is 0.238 e. The van der Waals surface area contributed by atoms with Gasteiger partial charge in [-0.2, -0.15) is 0 Å². The molecule has 18 heavy (non-hydrogen) atoms. The molecule has 0 saturated heterocycles. The normalized spacial score (nSPS) is 11.4. The molecule has 0 bridgehead atoms. The molecule has 0 fully saturated rings. The topological polar surface area (TPSA) is 98.2 Å². The lowest BCUT2D eigenvalue weighted by Gasteiger charge is -2.07. The summed E-state index contributed by atoms with van der Waals surface area (Å²) in [7, 11) is -3.55. The first-order valence-electron chi connectivity index (χ1n) is 5.23. The first-order valence-corrected chi connectivity index (χ1v) is 6.89. The average Bonchev–Trinajstić information content (AvgIpc) is 2.66. The van der Waals surface area contributed by atoms with Gasteiger partial charge in [-0.3, -0.25) is 4.72 Å². The lowest BCUT2D eigenvalue weighted by molar-refractivity contribution is 0.400. The van der Waals surface area contributed by atoms with E-state index >= 15 is 0 Å². The van der Waals surface area contributed by atoms with E-state index in [9.17, 15) is 8.42 Å². The SMILES string of the molecule is Cc1cc(NS(=O)(=O)Cc2ccccc2N)no1. The van der Waals surface area contributed by atoms with Gasteiger partial charge in [0.05, 0.1) is 5.75 Å². The number of aromatic nitrogens is 1. The van der Waals surface area contributed by atoms with Crippen LogP contribution < -0.4 is 10.5 Å². The summed E-state index contributed by atoms with van der Waals surface area (Å²) < 4.78 is 30.9. The molecule has 6 nitrogen and oxygen atoms in total. The maximum absolute atomic E-state index is 11.9. The van der Waals surface area contributed by atoms with E-state index in [0.717, 1.165) is 0 Å². The Morgan fingerprint density at radius 3 is 2.72 bits per heavy atom. The second-order valence-corrected chi connectivity index (χ2v) is 5.61. The third kappa shape index (κ3) is 3.01. The van der Waals surface area contributed by atoms with Crippen LogP contribution in [0, 0.1) is 6.92 Å². The molecule has 0 atom stereocenters. The minimum atomic E-state index is -3.55. The molecule has 0 saturated carbocycles. The molecular weight excluding hydrogens is 254 g/mol. The minimum absolute atomic E-state index is 0.169. The summed E-state index contributed by atoms with van der Waals surface area (Å²) in [5.74, 6) is 0.500. The van der Waals surface area contributed by atoms with Gasteiger partial charge in [-0.25, -0.2) is 8.42 Å². The fourth-order valence-corrected chi connectivity index (χ4v) is 2.64. The zero-order valence-electron chi connectivity index (χ0n) is 9.75. The van der Waals surface area contributed by atoms with Crippen molar-refractivity contribution in [1.29, 1.82) is 0 Å². The van der Waals surface area contributed by atoms with Crippen LogP contribution >= 0.6 is 0 Å². The fourth-order valence-electron chi connectivity index (χ4n) is 1.48. The Morgan fingerprint density at radius 1 is 1.39 bits per heavy atom. The molecule has 0 amide bonds. The van der Waals surface area contributed by atoms with Crippen molar-refractivity contribution < 1.29 is 12.9 Å². The highest BCUT2D eigenvalue weighted by atomic mass is 32.2. The molecule has 0 aliphatic heterocycles. The van der Waals surface area contributed by atoms with Crippen molar-refractivity contribution in [3.8, 4) is 0 Å². The molecule has 7 heteroatoms. The molecule has 0 radical (unpaired) electrons. The van der Waals surface area contributed by atoms with E-state index in [1.807, 2.05) is 0 Å². The van der Waals surface area contributed by atoms with Gasteiger partial charge >= 0.3 is 0 Å². The maximum Gasteiger partial charge on any atom is 0.238 e. The number of nitrogens with one attached hydrogen (secondary N) is 1. The highest BCUT2D eigenvalue weighted by Crippen LogP contribution is 2.16. The number of hydrogen-bond acceptors (Lipinski definition) is 5. The molecule has 1 aromatic carbocycles. The van der Waals surface area contributed by atoms with Crippen LogP contribution in [0.15, 0.2) is 34.9 Å². The van der Waals surface area contributed by atoms with Crippen LogP contribution in [0.25, 0.3) is 0 Å². The number of anilines is 2. The number of aryl methyl sites for hydroxylation is 1. The number of sulfonamides is 1. The molecule has 0 spiro atoms. The van der Waals surface area contributed by atoms with Crippen LogP contribution in [0.1, 0.15) is 11.3 Å². The monoisotopic (exact) mass is 267 g/mol. The molecule has 0 unspecified atom stereocenters. The van der Waals surface area contributed by atoms with Crippen LogP contribution in [-0.4, -0.2) is 13.6 Å². The standard InChI is InChI=1S/C11H13N3O3S/c1-8-6-11(13-17-8)14-18(15,16)7-9-4-2-3-5-10(9)12/h2-6H,7,12H2,1H3,(H,13,14). The van der Waals surface area contributed by atoms with Gasteiger partial charge in [-0.15, -0.1) is 0 Å². The first-order chi connectivity index (χ1) is 8.46. The summed E-state index contributed by atoms with van der Waals surface area (Å²) in [5.41, 5.74) is 6.69. The molecule has 0 aliphatic carbocycles. The molecule has 2 aromatic rings. The van der Waals surface area contributed by atoms with Gasteiger partial charge in [0.1, 0.15) is 5.76 Å². The molecule has 3 N–H and O–H groups in total. The fraction of sp³-hybridized carbons (Fsp3) is 0.182. The van der Waals surface area contributed by atoms with Gasteiger partial charge in [0, 0.05) is 11.8 Å². The Hall–Kier alpha value is -2.02. The lowest BCUT2D eigenvalue weighted by atomic mass is 10.2. The third-order valence-electron chi connectivity index (χ3n) is 2.29.